The first-order valence-electron chi connectivity index (χ1n) is 9.72. The zero-order valence-electron chi connectivity index (χ0n) is 15.6. The van der Waals surface area contributed by atoms with Gasteiger partial charge in [-0.05, 0) is 43.8 Å². The summed E-state index contributed by atoms with van der Waals surface area (Å²) in [5, 5.41) is 0. The van der Waals surface area contributed by atoms with Crippen molar-refractivity contribution in [3.05, 3.63) is 54.2 Å². The first-order valence-corrected chi connectivity index (χ1v) is 9.72. The van der Waals surface area contributed by atoms with Gasteiger partial charge in [0.2, 0.25) is 0 Å². The molecule has 4 heterocycles. The molecule has 0 unspecified atom stereocenters. The smallest absolute Gasteiger partial charge is 0.117 e. The van der Waals surface area contributed by atoms with Gasteiger partial charge in [0, 0.05) is 37.2 Å². The van der Waals surface area contributed by atoms with E-state index in [-0.39, 0.29) is 0 Å². The molecule has 0 aliphatic carbocycles. The molecule has 0 bridgehead atoms. The highest BCUT2D eigenvalue weighted by atomic mass is 16.5. The Hall–Kier alpha value is -1.69. The molecule has 26 heavy (non-hydrogen) atoms. The molecule has 2 aliphatic rings. The minimum absolute atomic E-state index is 0.354. The fraction of sp³-hybridized carbons (Fsp3) is 0.571. The second-order valence-electron chi connectivity index (χ2n) is 7.76. The van der Waals surface area contributed by atoms with Crippen molar-refractivity contribution in [2.24, 2.45) is 11.3 Å². The van der Waals surface area contributed by atoms with E-state index >= 15 is 0 Å². The monoisotopic (exact) mass is 355 g/mol. The first kappa shape index (κ1) is 17.7. The second-order valence-corrected chi connectivity index (χ2v) is 7.76. The molecule has 2 fully saturated rings. The summed E-state index contributed by atoms with van der Waals surface area (Å²) in [6, 6.07) is 10.0. The van der Waals surface area contributed by atoms with Crippen molar-refractivity contribution in [3.63, 3.8) is 0 Å². The van der Waals surface area contributed by atoms with Crippen molar-refractivity contribution >= 4 is 0 Å². The van der Waals surface area contributed by atoms with E-state index in [1.807, 2.05) is 30.5 Å². The predicted octanol–water partition coefficient (Wildman–Crippen LogP) is 3.04. The molecule has 1 spiro atoms. The van der Waals surface area contributed by atoms with Crippen LogP contribution in [0.3, 0.4) is 0 Å². The van der Waals surface area contributed by atoms with Gasteiger partial charge in [0.05, 0.1) is 31.7 Å². The number of likely N-dealkylation sites (tertiary alicyclic amines) is 2. The van der Waals surface area contributed by atoms with Gasteiger partial charge in [-0.2, -0.15) is 0 Å². The van der Waals surface area contributed by atoms with Crippen LogP contribution in [0.4, 0.5) is 0 Å². The van der Waals surface area contributed by atoms with Crippen LogP contribution >= 0.6 is 0 Å². The van der Waals surface area contributed by atoms with Crippen LogP contribution in [0.25, 0.3) is 0 Å². The maximum Gasteiger partial charge on any atom is 0.117 e. The van der Waals surface area contributed by atoms with Crippen LogP contribution in [0, 0.1) is 11.3 Å². The summed E-state index contributed by atoms with van der Waals surface area (Å²) >= 11 is 0. The Morgan fingerprint density at radius 3 is 2.92 bits per heavy atom. The van der Waals surface area contributed by atoms with Crippen molar-refractivity contribution < 1.29 is 9.15 Å². The summed E-state index contributed by atoms with van der Waals surface area (Å²) < 4.78 is 11.6. The van der Waals surface area contributed by atoms with Gasteiger partial charge in [0.25, 0.3) is 0 Å². The highest BCUT2D eigenvalue weighted by Gasteiger charge is 2.49. The van der Waals surface area contributed by atoms with Crippen molar-refractivity contribution in [1.29, 1.82) is 0 Å². The number of furan rings is 1. The molecule has 2 aromatic rings. The van der Waals surface area contributed by atoms with E-state index < -0.39 is 0 Å². The van der Waals surface area contributed by atoms with E-state index in [2.05, 4.69) is 27.8 Å². The summed E-state index contributed by atoms with van der Waals surface area (Å²) in [7, 11) is 0. The minimum atomic E-state index is 0.354. The Morgan fingerprint density at radius 1 is 1.23 bits per heavy atom. The zero-order chi connectivity index (χ0) is 17.8. The van der Waals surface area contributed by atoms with Gasteiger partial charge in [-0.25, -0.2) is 0 Å². The third-order valence-corrected chi connectivity index (χ3v) is 6.05. The lowest BCUT2D eigenvalue weighted by molar-refractivity contribution is 0.0498. The van der Waals surface area contributed by atoms with E-state index in [1.165, 1.54) is 13.0 Å². The number of pyridine rings is 1. The highest BCUT2D eigenvalue weighted by molar-refractivity contribution is 5.05. The average Bonchev–Trinajstić information content (AvgIpc) is 3.39. The third kappa shape index (κ3) is 3.85. The lowest BCUT2D eigenvalue weighted by Crippen LogP contribution is -2.36. The maximum absolute atomic E-state index is 6.10. The van der Waals surface area contributed by atoms with E-state index in [0.29, 0.717) is 17.9 Å². The summed E-state index contributed by atoms with van der Waals surface area (Å²) in [4.78, 5) is 9.50. The molecule has 0 amide bonds. The molecule has 0 aromatic carbocycles. The Balaban J connectivity index is 1.36. The van der Waals surface area contributed by atoms with Crippen molar-refractivity contribution in [1.82, 2.24) is 14.8 Å². The fourth-order valence-corrected chi connectivity index (χ4v) is 4.61. The molecular formula is C21H29N3O2. The van der Waals surface area contributed by atoms with E-state index in [9.17, 15) is 0 Å². The van der Waals surface area contributed by atoms with Crippen molar-refractivity contribution in [2.75, 3.05) is 39.3 Å². The number of rotatable bonds is 7. The van der Waals surface area contributed by atoms with Crippen LogP contribution in [-0.2, 0) is 17.9 Å². The van der Waals surface area contributed by atoms with Crippen LogP contribution in [0.5, 0.6) is 0 Å². The molecule has 5 nitrogen and oxygen atoms in total. The summed E-state index contributed by atoms with van der Waals surface area (Å²) in [6.45, 7) is 10.4. The van der Waals surface area contributed by atoms with Crippen LogP contribution < -0.4 is 0 Å². The topological polar surface area (TPSA) is 41.7 Å². The Morgan fingerprint density at radius 2 is 2.15 bits per heavy atom. The van der Waals surface area contributed by atoms with E-state index in [4.69, 9.17) is 9.15 Å². The van der Waals surface area contributed by atoms with Gasteiger partial charge >= 0.3 is 0 Å². The quantitative estimate of drug-likeness (QED) is 0.764. The number of hydrogen-bond donors (Lipinski definition) is 0. The Labute approximate surface area is 156 Å². The van der Waals surface area contributed by atoms with Gasteiger partial charge in [0.15, 0.2) is 0 Å². The molecular weight excluding hydrogens is 326 g/mol. The molecule has 0 saturated carbocycles. The maximum atomic E-state index is 6.10. The van der Waals surface area contributed by atoms with Gasteiger partial charge in [0.1, 0.15) is 5.76 Å². The summed E-state index contributed by atoms with van der Waals surface area (Å²) in [5.74, 6) is 1.66. The zero-order valence-corrected chi connectivity index (χ0v) is 15.6. The number of nitrogens with zero attached hydrogens (tertiary/aromatic N) is 3. The van der Waals surface area contributed by atoms with Crippen molar-refractivity contribution in [3.8, 4) is 0 Å². The highest BCUT2D eigenvalue weighted by Crippen LogP contribution is 2.44. The molecule has 2 saturated heterocycles. The van der Waals surface area contributed by atoms with Crippen LogP contribution in [0.1, 0.15) is 24.8 Å². The molecule has 2 atom stereocenters. The number of ether oxygens (including phenoxy) is 1. The van der Waals surface area contributed by atoms with Gasteiger partial charge in [-0.3, -0.25) is 9.88 Å². The average molecular weight is 355 g/mol. The van der Waals surface area contributed by atoms with Crippen LogP contribution in [-0.4, -0.2) is 54.1 Å². The summed E-state index contributed by atoms with van der Waals surface area (Å²) in [5.41, 5.74) is 1.37. The number of hydrogen-bond acceptors (Lipinski definition) is 5. The minimum Gasteiger partial charge on any atom is -0.468 e. The first-order chi connectivity index (χ1) is 12.8. The van der Waals surface area contributed by atoms with Gasteiger partial charge in [-0.1, -0.05) is 13.0 Å². The Bertz CT molecular complexity index is 676. The normalized spacial score (nSPS) is 26.9. The fourth-order valence-electron chi connectivity index (χ4n) is 4.61. The van der Waals surface area contributed by atoms with E-state index in [1.54, 1.807) is 6.26 Å². The largest absolute Gasteiger partial charge is 0.468 e. The van der Waals surface area contributed by atoms with Gasteiger partial charge < -0.3 is 14.1 Å². The lowest BCUT2D eigenvalue weighted by Gasteiger charge is -2.30. The third-order valence-electron chi connectivity index (χ3n) is 6.05. The molecule has 0 radical (unpaired) electrons. The molecule has 140 valence electrons. The molecule has 2 aliphatic heterocycles. The Kier molecular flexibility index (Phi) is 5.38. The van der Waals surface area contributed by atoms with Crippen molar-refractivity contribution in [2.45, 2.75) is 26.5 Å². The van der Waals surface area contributed by atoms with Crippen LogP contribution in [0.15, 0.2) is 47.2 Å². The standard InChI is InChI=1S/C21H29N3O2/c1-2-23-12-18(14-25-15-19-6-3-4-9-22-19)21(16-23)8-10-24(17-21)13-20-7-5-11-26-20/h3-7,9,11,18H,2,8,10,12-17H2,1H3/t18-,21+/m0/s1. The molecule has 4 rings (SSSR count). The lowest BCUT2D eigenvalue weighted by atomic mass is 9.77. The van der Waals surface area contributed by atoms with Gasteiger partial charge in [-0.15, -0.1) is 0 Å². The van der Waals surface area contributed by atoms with Crippen LogP contribution in [0.2, 0.25) is 0 Å². The van der Waals surface area contributed by atoms with E-state index in [0.717, 1.165) is 50.8 Å². The molecule has 2 aromatic heterocycles. The molecule has 5 heteroatoms. The second kappa shape index (κ2) is 7.91. The summed E-state index contributed by atoms with van der Waals surface area (Å²) in [6.07, 6.45) is 4.85. The molecule has 0 N–H and O–H groups in total. The predicted molar refractivity (Wildman–Crippen MR) is 101 cm³/mol. The SMILES string of the molecule is CCN1C[C@@H](COCc2ccccn2)[C@]2(CCN(Cc3ccco3)C2)C1. The number of aromatic nitrogens is 1.